The van der Waals surface area contributed by atoms with Gasteiger partial charge in [0.25, 0.3) is 0 Å². The van der Waals surface area contributed by atoms with Crippen LogP contribution in [0.2, 0.25) is 0 Å². The minimum atomic E-state index is -0.0856. The Morgan fingerprint density at radius 1 is 1.29 bits per heavy atom. The van der Waals surface area contributed by atoms with E-state index in [1.54, 1.807) is 12.2 Å². The molecule has 1 N–H and O–H groups in total. The summed E-state index contributed by atoms with van der Waals surface area (Å²) in [4.78, 5) is 11.2. The molecule has 0 heterocycles. The van der Waals surface area contributed by atoms with Crippen LogP contribution in [0.5, 0.6) is 0 Å². The van der Waals surface area contributed by atoms with Gasteiger partial charge >= 0.3 is 0 Å². The largest absolute Gasteiger partial charge is 0.367 e. The summed E-state index contributed by atoms with van der Waals surface area (Å²) >= 11 is 0. The van der Waals surface area contributed by atoms with Gasteiger partial charge in [0.15, 0.2) is 0 Å². The molecule has 0 saturated heterocycles. The molecule has 0 aromatic rings. The summed E-state index contributed by atoms with van der Waals surface area (Å²) in [5.41, 5.74) is 0.947. The number of allylic oxidation sites excluding steroid dienone is 4. The second kappa shape index (κ2) is 10.9. The molecular formula is C14H21NO2. The molecule has 0 aromatic carbocycles. The smallest absolute Gasteiger partial charge is 0.246 e. The van der Waals surface area contributed by atoms with Gasteiger partial charge in [-0.25, -0.2) is 0 Å². The minimum absolute atomic E-state index is 0.0798. The summed E-state index contributed by atoms with van der Waals surface area (Å²) in [6.07, 6.45) is 9.82. The van der Waals surface area contributed by atoms with Gasteiger partial charge in [0.2, 0.25) is 5.91 Å². The van der Waals surface area contributed by atoms with Crippen molar-refractivity contribution >= 4 is 5.91 Å². The average molecular weight is 235 g/mol. The predicted octanol–water partition coefficient (Wildman–Crippen LogP) is 2.38. The second-order valence-electron chi connectivity index (χ2n) is 3.41. The topological polar surface area (TPSA) is 38.3 Å². The molecule has 0 fully saturated rings. The Bertz CT molecular complexity index is 303. The number of ether oxygens (including phenoxy) is 1. The lowest BCUT2D eigenvalue weighted by Gasteiger charge is -2.05. The first-order valence-electron chi connectivity index (χ1n) is 5.69. The van der Waals surface area contributed by atoms with Crippen molar-refractivity contribution in [2.45, 2.75) is 13.3 Å². The van der Waals surface area contributed by atoms with Gasteiger partial charge in [-0.05, 0) is 12.0 Å². The van der Waals surface area contributed by atoms with Crippen LogP contribution in [-0.4, -0.2) is 25.7 Å². The quantitative estimate of drug-likeness (QED) is 0.623. The SMILES string of the molecule is C=C/C=C\C(=C/C=C)COCC(=O)NCCC. The molecule has 0 unspecified atom stereocenters. The Kier molecular flexibility index (Phi) is 9.86. The Balaban J connectivity index is 3.94. The Morgan fingerprint density at radius 3 is 2.65 bits per heavy atom. The molecule has 94 valence electrons. The molecule has 1 amide bonds. The van der Waals surface area contributed by atoms with E-state index in [1.165, 1.54) is 0 Å². The molecule has 0 spiro atoms. The van der Waals surface area contributed by atoms with Crippen LogP contribution in [-0.2, 0) is 9.53 Å². The first-order valence-corrected chi connectivity index (χ1v) is 5.69. The predicted molar refractivity (Wildman–Crippen MR) is 71.7 cm³/mol. The maximum absolute atomic E-state index is 11.2. The lowest BCUT2D eigenvalue weighted by atomic mass is 10.2. The highest BCUT2D eigenvalue weighted by Crippen LogP contribution is 1.99. The van der Waals surface area contributed by atoms with Crippen molar-refractivity contribution in [2.75, 3.05) is 19.8 Å². The number of carbonyl (C=O) groups excluding carboxylic acids is 1. The normalized spacial score (nSPS) is 11.5. The van der Waals surface area contributed by atoms with Gasteiger partial charge in [-0.3, -0.25) is 4.79 Å². The third-order valence-corrected chi connectivity index (χ3v) is 1.85. The number of hydrogen-bond donors (Lipinski definition) is 1. The number of nitrogens with one attached hydrogen (secondary N) is 1. The molecule has 0 atom stereocenters. The first kappa shape index (κ1) is 15.4. The van der Waals surface area contributed by atoms with Gasteiger partial charge in [0.05, 0.1) is 6.61 Å². The number of amides is 1. The van der Waals surface area contributed by atoms with Crippen LogP contribution in [0, 0.1) is 0 Å². The Morgan fingerprint density at radius 2 is 2.06 bits per heavy atom. The van der Waals surface area contributed by atoms with Gasteiger partial charge in [-0.2, -0.15) is 0 Å². The van der Waals surface area contributed by atoms with Crippen molar-refractivity contribution in [3.05, 3.63) is 49.1 Å². The fourth-order valence-electron chi connectivity index (χ4n) is 1.07. The average Bonchev–Trinajstić information content (AvgIpc) is 2.33. The van der Waals surface area contributed by atoms with Crippen LogP contribution < -0.4 is 5.32 Å². The zero-order valence-corrected chi connectivity index (χ0v) is 10.4. The molecule has 0 aliphatic carbocycles. The summed E-state index contributed by atoms with van der Waals surface area (Å²) < 4.78 is 5.29. The van der Waals surface area contributed by atoms with Crippen molar-refractivity contribution in [1.82, 2.24) is 5.32 Å². The standard InChI is InChI=1S/C14H21NO2/c1-4-7-9-13(8-5-2)11-17-12-14(16)15-10-6-3/h4-5,7-9H,1-2,6,10-12H2,3H3,(H,15,16)/b9-7-,13-8+. The van der Waals surface area contributed by atoms with E-state index in [4.69, 9.17) is 4.74 Å². The summed E-state index contributed by atoms with van der Waals surface area (Å²) in [5.74, 6) is -0.0856. The van der Waals surface area contributed by atoms with E-state index in [9.17, 15) is 4.79 Å². The van der Waals surface area contributed by atoms with E-state index in [2.05, 4.69) is 18.5 Å². The van der Waals surface area contributed by atoms with Crippen molar-refractivity contribution in [2.24, 2.45) is 0 Å². The maximum atomic E-state index is 11.2. The zero-order chi connectivity index (χ0) is 12.9. The van der Waals surface area contributed by atoms with Crippen LogP contribution in [0.1, 0.15) is 13.3 Å². The second-order valence-corrected chi connectivity index (χ2v) is 3.41. The molecule has 0 radical (unpaired) electrons. The number of carbonyl (C=O) groups is 1. The van der Waals surface area contributed by atoms with Gasteiger partial charge in [-0.1, -0.05) is 50.5 Å². The van der Waals surface area contributed by atoms with Crippen molar-refractivity contribution in [1.29, 1.82) is 0 Å². The molecule has 0 bridgehead atoms. The molecule has 0 aliphatic heterocycles. The minimum Gasteiger partial charge on any atom is -0.367 e. The van der Waals surface area contributed by atoms with Crippen molar-refractivity contribution < 1.29 is 9.53 Å². The third-order valence-electron chi connectivity index (χ3n) is 1.85. The maximum Gasteiger partial charge on any atom is 0.246 e. The molecule has 0 rings (SSSR count). The number of rotatable bonds is 9. The van der Waals surface area contributed by atoms with Gasteiger partial charge in [0, 0.05) is 6.54 Å². The molecule has 0 aliphatic rings. The van der Waals surface area contributed by atoms with Crippen LogP contribution in [0.4, 0.5) is 0 Å². The van der Waals surface area contributed by atoms with Crippen LogP contribution >= 0.6 is 0 Å². The van der Waals surface area contributed by atoms with Gasteiger partial charge in [0.1, 0.15) is 6.61 Å². The Hall–Kier alpha value is -1.61. The Labute approximate surface area is 104 Å². The summed E-state index contributed by atoms with van der Waals surface area (Å²) in [6.45, 7) is 10.4. The number of hydrogen-bond acceptors (Lipinski definition) is 2. The first-order chi connectivity index (χ1) is 8.24. The zero-order valence-electron chi connectivity index (χ0n) is 10.4. The highest BCUT2D eigenvalue weighted by atomic mass is 16.5. The van der Waals surface area contributed by atoms with E-state index in [0.29, 0.717) is 13.2 Å². The van der Waals surface area contributed by atoms with Crippen LogP contribution in [0.25, 0.3) is 0 Å². The van der Waals surface area contributed by atoms with Gasteiger partial charge < -0.3 is 10.1 Å². The fourth-order valence-corrected chi connectivity index (χ4v) is 1.07. The summed E-state index contributed by atoms with van der Waals surface area (Å²) in [7, 11) is 0. The van der Waals surface area contributed by atoms with E-state index < -0.39 is 0 Å². The fraction of sp³-hybridized carbons (Fsp3) is 0.357. The van der Waals surface area contributed by atoms with Crippen LogP contribution in [0.15, 0.2) is 49.1 Å². The van der Waals surface area contributed by atoms with E-state index in [-0.39, 0.29) is 12.5 Å². The highest BCUT2D eigenvalue weighted by Gasteiger charge is 2.00. The van der Waals surface area contributed by atoms with E-state index >= 15 is 0 Å². The molecule has 0 saturated carbocycles. The monoisotopic (exact) mass is 235 g/mol. The van der Waals surface area contributed by atoms with Gasteiger partial charge in [-0.15, -0.1) is 0 Å². The lowest BCUT2D eigenvalue weighted by molar-refractivity contribution is -0.125. The molecule has 3 heteroatoms. The van der Waals surface area contributed by atoms with E-state index in [1.807, 2.05) is 25.2 Å². The van der Waals surface area contributed by atoms with E-state index in [0.717, 1.165) is 12.0 Å². The molecule has 17 heavy (non-hydrogen) atoms. The molecule has 0 aromatic heterocycles. The highest BCUT2D eigenvalue weighted by molar-refractivity contribution is 5.77. The van der Waals surface area contributed by atoms with Crippen molar-refractivity contribution in [3.8, 4) is 0 Å². The summed E-state index contributed by atoms with van der Waals surface area (Å²) in [5, 5.41) is 2.74. The molecular weight excluding hydrogens is 214 g/mol. The van der Waals surface area contributed by atoms with Crippen LogP contribution in [0.3, 0.4) is 0 Å². The van der Waals surface area contributed by atoms with Crippen molar-refractivity contribution in [3.63, 3.8) is 0 Å². The third kappa shape index (κ3) is 9.33. The lowest BCUT2D eigenvalue weighted by Crippen LogP contribution is -2.28. The molecule has 3 nitrogen and oxygen atoms in total. The summed E-state index contributed by atoms with van der Waals surface area (Å²) in [6, 6.07) is 0.